The van der Waals surface area contributed by atoms with Gasteiger partial charge in [-0.05, 0) is 30.7 Å². The number of methoxy groups -OCH3 is 1. The third kappa shape index (κ3) is 3.02. The van der Waals surface area contributed by atoms with Crippen LogP contribution in [0, 0.1) is 0 Å². The molecule has 3 aromatic rings. The molecule has 2 heterocycles. The van der Waals surface area contributed by atoms with Crippen molar-refractivity contribution >= 4 is 11.3 Å². The molecular weight excluding hydrogens is 292 g/mol. The van der Waals surface area contributed by atoms with Crippen LogP contribution in [-0.4, -0.2) is 17.1 Å². The highest BCUT2D eigenvalue weighted by atomic mass is 32.1. The average molecular weight is 310 g/mol. The molecule has 1 aromatic carbocycles. The van der Waals surface area contributed by atoms with Gasteiger partial charge in [0.2, 0.25) is 0 Å². The van der Waals surface area contributed by atoms with Crippen LogP contribution in [-0.2, 0) is 6.42 Å². The van der Waals surface area contributed by atoms with Gasteiger partial charge in [0.15, 0.2) is 0 Å². The summed E-state index contributed by atoms with van der Waals surface area (Å²) in [7, 11) is 1.69. The van der Waals surface area contributed by atoms with Gasteiger partial charge in [0.1, 0.15) is 10.8 Å². The molecule has 0 aliphatic carbocycles. The molecule has 0 unspecified atom stereocenters. The molecule has 0 N–H and O–H groups in total. The third-order valence-corrected chi connectivity index (χ3v) is 4.35. The summed E-state index contributed by atoms with van der Waals surface area (Å²) in [5.74, 6) is 0.848. The lowest BCUT2D eigenvalue weighted by Crippen LogP contribution is -1.90. The van der Waals surface area contributed by atoms with Gasteiger partial charge in [0, 0.05) is 28.4 Å². The maximum absolute atomic E-state index is 5.42. The molecule has 22 heavy (non-hydrogen) atoms. The van der Waals surface area contributed by atoms with Crippen LogP contribution in [0.15, 0.2) is 48.0 Å². The van der Waals surface area contributed by atoms with E-state index in [0.29, 0.717) is 0 Å². The molecule has 4 heteroatoms. The van der Waals surface area contributed by atoms with E-state index in [0.717, 1.165) is 46.1 Å². The summed E-state index contributed by atoms with van der Waals surface area (Å²) in [5.41, 5.74) is 4.22. The minimum Gasteiger partial charge on any atom is -0.496 e. The Morgan fingerprint density at radius 3 is 2.86 bits per heavy atom. The molecule has 0 radical (unpaired) electrons. The number of aromatic nitrogens is 2. The van der Waals surface area contributed by atoms with Crippen LogP contribution in [0.1, 0.15) is 19.0 Å². The zero-order chi connectivity index (χ0) is 15.4. The highest BCUT2D eigenvalue weighted by Crippen LogP contribution is 2.33. The molecule has 112 valence electrons. The summed E-state index contributed by atoms with van der Waals surface area (Å²) in [6.45, 7) is 2.16. The van der Waals surface area contributed by atoms with Crippen molar-refractivity contribution in [3.05, 3.63) is 53.7 Å². The molecule has 0 saturated heterocycles. The maximum Gasteiger partial charge on any atom is 0.128 e. The van der Waals surface area contributed by atoms with Gasteiger partial charge in [-0.25, -0.2) is 4.98 Å². The summed E-state index contributed by atoms with van der Waals surface area (Å²) in [6, 6.07) is 12.1. The Morgan fingerprint density at radius 1 is 1.18 bits per heavy atom. The van der Waals surface area contributed by atoms with E-state index >= 15 is 0 Å². The molecule has 0 atom stereocenters. The number of benzene rings is 1. The summed E-state index contributed by atoms with van der Waals surface area (Å²) >= 11 is 1.65. The van der Waals surface area contributed by atoms with Crippen LogP contribution in [0.5, 0.6) is 5.75 Å². The van der Waals surface area contributed by atoms with E-state index in [1.807, 2.05) is 36.5 Å². The van der Waals surface area contributed by atoms with Crippen LogP contribution < -0.4 is 4.74 Å². The smallest absolute Gasteiger partial charge is 0.128 e. The van der Waals surface area contributed by atoms with Crippen molar-refractivity contribution in [2.24, 2.45) is 0 Å². The van der Waals surface area contributed by atoms with Crippen LogP contribution in [0.2, 0.25) is 0 Å². The lowest BCUT2D eigenvalue weighted by Gasteiger charge is -2.05. The van der Waals surface area contributed by atoms with Crippen LogP contribution in [0.3, 0.4) is 0 Å². The lowest BCUT2D eigenvalue weighted by atomic mass is 10.1. The van der Waals surface area contributed by atoms with E-state index in [1.54, 1.807) is 18.4 Å². The summed E-state index contributed by atoms with van der Waals surface area (Å²) < 4.78 is 5.42. The Morgan fingerprint density at radius 2 is 2.05 bits per heavy atom. The first-order chi connectivity index (χ1) is 10.8. The number of para-hydroxylation sites is 1. The second-order valence-corrected chi connectivity index (χ2v) is 5.88. The van der Waals surface area contributed by atoms with Gasteiger partial charge in [-0.3, -0.25) is 4.98 Å². The topological polar surface area (TPSA) is 35.0 Å². The molecule has 0 aliphatic rings. The molecule has 0 fully saturated rings. The SMILES string of the molecule is CCCc1cc(-c2nc(-c3ccccc3OC)cs2)ccn1. The van der Waals surface area contributed by atoms with Crippen molar-refractivity contribution in [2.75, 3.05) is 7.11 Å². The zero-order valence-corrected chi connectivity index (χ0v) is 13.6. The fourth-order valence-electron chi connectivity index (χ4n) is 2.39. The monoisotopic (exact) mass is 310 g/mol. The lowest BCUT2D eigenvalue weighted by molar-refractivity contribution is 0.416. The Bertz CT molecular complexity index is 767. The third-order valence-electron chi connectivity index (χ3n) is 3.46. The van der Waals surface area contributed by atoms with E-state index in [-0.39, 0.29) is 0 Å². The van der Waals surface area contributed by atoms with Gasteiger partial charge >= 0.3 is 0 Å². The largest absolute Gasteiger partial charge is 0.496 e. The predicted molar refractivity (Wildman–Crippen MR) is 91.3 cm³/mol. The van der Waals surface area contributed by atoms with Gasteiger partial charge in [0.05, 0.1) is 12.8 Å². The molecule has 2 aromatic heterocycles. The Hall–Kier alpha value is -2.20. The van der Waals surface area contributed by atoms with Crippen LogP contribution >= 0.6 is 11.3 Å². The fraction of sp³-hybridized carbons (Fsp3) is 0.222. The van der Waals surface area contributed by atoms with Gasteiger partial charge in [-0.1, -0.05) is 25.5 Å². The Kier molecular flexibility index (Phi) is 4.49. The highest BCUT2D eigenvalue weighted by Gasteiger charge is 2.11. The van der Waals surface area contributed by atoms with Crippen molar-refractivity contribution in [1.29, 1.82) is 0 Å². The van der Waals surface area contributed by atoms with Gasteiger partial charge in [-0.2, -0.15) is 0 Å². The standard InChI is InChI=1S/C18H18N2OS/c1-3-6-14-11-13(9-10-19-14)18-20-16(12-22-18)15-7-4-5-8-17(15)21-2/h4-5,7-12H,3,6H2,1-2H3. The van der Waals surface area contributed by atoms with Crippen molar-refractivity contribution in [2.45, 2.75) is 19.8 Å². The van der Waals surface area contributed by atoms with E-state index in [1.165, 1.54) is 0 Å². The van der Waals surface area contributed by atoms with E-state index in [9.17, 15) is 0 Å². The van der Waals surface area contributed by atoms with E-state index in [4.69, 9.17) is 9.72 Å². The minimum absolute atomic E-state index is 0.848. The molecule has 0 bridgehead atoms. The van der Waals surface area contributed by atoms with E-state index < -0.39 is 0 Å². The van der Waals surface area contributed by atoms with Crippen molar-refractivity contribution in [3.63, 3.8) is 0 Å². The summed E-state index contributed by atoms with van der Waals surface area (Å²) in [4.78, 5) is 9.18. The molecule has 0 spiro atoms. The van der Waals surface area contributed by atoms with Crippen molar-refractivity contribution in [3.8, 4) is 27.6 Å². The first-order valence-electron chi connectivity index (χ1n) is 7.36. The molecule has 3 nitrogen and oxygen atoms in total. The second-order valence-electron chi connectivity index (χ2n) is 5.02. The molecule has 0 saturated carbocycles. The second kappa shape index (κ2) is 6.71. The summed E-state index contributed by atoms with van der Waals surface area (Å²) in [6.07, 6.45) is 3.96. The van der Waals surface area contributed by atoms with Crippen LogP contribution in [0.25, 0.3) is 21.8 Å². The minimum atomic E-state index is 0.848. The molecule has 0 aliphatic heterocycles. The van der Waals surface area contributed by atoms with Gasteiger partial charge in [-0.15, -0.1) is 11.3 Å². The number of thiazole rings is 1. The number of nitrogens with zero attached hydrogens (tertiary/aromatic N) is 2. The quantitative estimate of drug-likeness (QED) is 0.677. The predicted octanol–water partition coefficient (Wildman–Crippen LogP) is 4.83. The molecular formula is C18H18N2OS. The molecule has 3 rings (SSSR count). The van der Waals surface area contributed by atoms with Crippen LogP contribution in [0.4, 0.5) is 0 Å². The highest BCUT2D eigenvalue weighted by molar-refractivity contribution is 7.13. The normalized spacial score (nSPS) is 10.6. The zero-order valence-electron chi connectivity index (χ0n) is 12.7. The van der Waals surface area contributed by atoms with Crippen molar-refractivity contribution < 1.29 is 4.74 Å². The number of hydrogen-bond acceptors (Lipinski definition) is 4. The molecule has 0 amide bonds. The first kappa shape index (κ1) is 14.7. The number of aryl methyl sites for hydroxylation is 1. The number of rotatable bonds is 5. The number of hydrogen-bond donors (Lipinski definition) is 0. The average Bonchev–Trinajstić information content (AvgIpc) is 3.05. The summed E-state index contributed by atoms with van der Waals surface area (Å²) in [5, 5.41) is 3.09. The first-order valence-corrected chi connectivity index (χ1v) is 8.24. The number of ether oxygens (including phenoxy) is 1. The Labute approximate surface area is 134 Å². The van der Waals surface area contributed by atoms with Crippen molar-refractivity contribution in [1.82, 2.24) is 9.97 Å². The fourth-order valence-corrected chi connectivity index (χ4v) is 3.21. The van der Waals surface area contributed by atoms with Gasteiger partial charge < -0.3 is 4.74 Å². The van der Waals surface area contributed by atoms with Gasteiger partial charge in [0.25, 0.3) is 0 Å². The number of pyridine rings is 1. The maximum atomic E-state index is 5.42. The Balaban J connectivity index is 1.95. The van der Waals surface area contributed by atoms with E-state index in [2.05, 4.69) is 23.4 Å².